The number of aromatic nitrogens is 2. The molecule has 0 saturated heterocycles. The van der Waals surface area contributed by atoms with Gasteiger partial charge >= 0.3 is 0 Å². The highest BCUT2D eigenvalue weighted by molar-refractivity contribution is 6.21. The molecule has 184 valence electrons. The van der Waals surface area contributed by atoms with Crippen LogP contribution in [0.15, 0.2) is 140 Å². The molecular weight excluding hydrogens is 472 g/mol. The quantitative estimate of drug-likeness (QED) is 0.226. The molecule has 39 heavy (non-hydrogen) atoms. The molecule has 0 spiro atoms. The fraction of sp³-hybridized carbons (Fsp3) is 0.0270. The number of pyridine rings is 2. The van der Waals surface area contributed by atoms with Crippen LogP contribution in [0.4, 0.5) is 0 Å². The van der Waals surface area contributed by atoms with Gasteiger partial charge in [0.25, 0.3) is 0 Å². The minimum Gasteiger partial charge on any atom is -0.265 e. The molecule has 0 aliphatic rings. The van der Waals surface area contributed by atoms with Gasteiger partial charge in [0, 0.05) is 24.8 Å². The first-order chi connectivity index (χ1) is 19.3. The molecule has 0 N–H and O–H groups in total. The maximum absolute atomic E-state index is 4.26. The first kappa shape index (κ1) is 23.1. The highest BCUT2D eigenvalue weighted by atomic mass is 14.6. The number of rotatable bonds is 4. The Morgan fingerprint density at radius 3 is 1.56 bits per heavy atom. The first-order valence-corrected chi connectivity index (χ1v) is 13.2. The molecule has 0 amide bonds. The Balaban J connectivity index is 1.46. The third-order valence-electron chi connectivity index (χ3n) is 7.60. The molecule has 0 radical (unpaired) electrons. The van der Waals surface area contributed by atoms with Crippen molar-refractivity contribution in [2.45, 2.75) is 6.92 Å². The zero-order valence-corrected chi connectivity index (χ0v) is 21.7. The second-order valence-corrected chi connectivity index (χ2v) is 9.93. The summed E-state index contributed by atoms with van der Waals surface area (Å²) in [6.45, 7) is 2.11. The molecule has 2 heterocycles. The molecule has 0 bridgehead atoms. The molecule has 2 nitrogen and oxygen atoms in total. The molecule has 5 aromatic carbocycles. The van der Waals surface area contributed by atoms with Crippen molar-refractivity contribution in [3.63, 3.8) is 0 Å². The van der Waals surface area contributed by atoms with Crippen LogP contribution in [0.5, 0.6) is 0 Å². The van der Waals surface area contributed by atoms with E-state index in [0.717, 1.165) is 0 Å². The van der Waals surface area contributed by atoms with Crippen LogP contribution in [-0.4, -0.2) is 9.97 Å². The largest absolute Gasteiger partial charge is 0.265 e. The van der Waals surface area contributed by atoms with Gasteiger partial charge in [-0.2, -0.15) is 0 Å². The molecule has 0 fully saturated rings. The topological polar surface area (TPSA) is 25.8 Å². The van der Waals surface area contributed by atoms with Gasteiger partial charge < -0.3 is 0 Å². The number of benzene rings is 5. The van der Waals surface area contributed by atoms with E-state index < -0.39 is 0 Å². The number of fused-ring (bicyclic) bond motifs is 2. The van der Waals surface area contributed by atoms with E-state index in [2.05, 4.69) is 132 Å². The van der Waals surface area contributed by atoms with Crippen molar-refractivity contribution < 1.29 is 0 Å². The van der Waals surface area contributed by atoms with Crippen molar-refractivity contribution in [1.29, 1.82) is 0 Å². The van der Waals surface area contributed by atoms with Gasteiger partial charge in [-0.25, -0.2) is 0 Å². The number of hydrogen-bond donors (Lipinski definition) is 0. The summed E-state index contributed by atoms with van der Waals surface area (Å²) in [4.78, 5) is 8.45. The van der Waals surface area contributed by atoms with Crippen LogP contribution in [-0.2, 0) is 0 Å². The Labute approximate surface area is 228 Å². The third kappa shape index (κ3) is 4.07. The SMILES string of the molecule is Cc1cnccc1-c1ccc(-c2c3ccccc3c(-c3cccc(-c4ccncc4)c3)c3ccccc23)cc1. The number of nitrogens with zero attached hydrogens (tertiary/aromatic N) is 2. The second kappa shape index (κ2) is 9.66. The molecule has 7 aromatic rings. The molecule has 0 aliphatic carbocycles. The van der Waals surface area contributed by atoms with E-state index in [1.54, 1.807) is 0 Å². The maximum atomic E-state index is 4.26. The molecule has 0 saturated carbocycles. The molecule has 0 aliphatic heterocycles. The van der Waals surface area contributed by atoms with Gasteiger partial charge in [-0.15, -0.1) is 0 Å². The van der Waals surface area contributed by atoms with Crippen molar-refractivity contribution in [1.82, 2.24) is 9.97 Å². The molecule has 2 aromatic heterocycles. The second-order valence-electron chi connectivity index (χ2n) is 9.93. The summed E-state index contributed by atoms with van der Waals surface area (Å²) in [6.07, 6.45) is 7.48. The minimum atomic E-state index is 1.17. The zero-order valence-electron chi connectivity index (χ0n) is 21.7. The van der Waals surface area contributed by atoms with E-state index in [-0.39, 0.29) is 0 Å². The normalized spacial score (nSPS) is 11.2. The average Bonchev–Trinajstić information content (AvgIpc) is 3.01. The van der Waals surface area contributed by atoms with Gasteiger partial charge in [0.15, 0.2) is 0 Å². The fourth-order valence-corrected chi connectivity index (χ4v) is 5.76. The standard InChI is InChI=1S/C37H26N2/c1-25-24-39-22-19-31(25)27-13-15-28(16-14-27)36-32-9-2-4-11-34(32)37(35-12-5-3-10-33(35)36)30-8-6-7-29(23-30)26-17-20-38-21-18-26/h2-24H,1H3. The van der Waals surface area contributed by atoms with Crippen LogP contribution in [0, 0.1) is 6.92 Å². The molecular formula is C37H26N2. The lowest BCUT2D eigenvalue weighted by Crippen LogP contribution is -1.91. The van der Waals surface area contributed by atoms with Gasteiger partial charge in [0.1, 0.15) is 0 Å². The van der Waals surface area contributed by atoms with E-state index in [9.17, 15) is 0 Å². The van der Waals surface area contributed by atoms with Crippen LogP contribution in [0.25, 0.3) is 66.1 Å². The Morgan fingerprint density at radius 2 is 0.949 bits per heavy atom. The van der Waals surface area contributed by atoms with Gasteiger partial charge in [-0.1, -0.05) is 91.0 Å². The van der Waals surface area contributed by atoms with Crippen molar-refractivity contribution in [3.05, 3.63) is 146 Å². The summed E-state index contributed by atoms with van der Waals surface area (Å²) in [7, 11) is 0. The smallest absolute Gasteiger partial charge is 0.0303 e. The highest BCUT2D eigenvalue weighted by Crippen LogP contribution is 2.44. The predicted octanol–water partition coefficient (Wildman–Crippen LogP) is 9.76. The van der Waals surface area contributed by atoms with Crippen molar-refractivity contribution in [3.8, 4) is 44.5 Å². The molecule has 7 rings (SSSR count). The summed E-state index contributed by atoms with van der Waals surface area (Å²) < 4.78 is 0. The summed E-state index contributed by atoms with van der Waals surface area (Å²) in [5.74, 6) is 0. The van der Waals surface area contributed by atoms with Crippen LogP contribution in [0.1, 0.15) is 5.56 Å². The van der Waals surface area contributed by atoms with Gasteiger partial charge in [0.05, 0.1) is 0 Å². The van der Waals surface area contributed by atoms with E-state index in [1.165, 1.54) is 71.6 Å². The van der Waals surface area contributed by atoms with Gasteiger partial charge in [-0.3, -0.25) is 9.97 Å². The Bertz CT molecular complexity index is 1900. The van der Waals surface area contributed by atoms with Crippen LogP contribution >= 0.6 is 0 Å². The lowest BCUT2D eigenvalue weighted by atomic mass is 9.85. The minimum absolute atomic E-state index is 1.17. The third-order valence-corrected chi connectivity index (χ3v) is 7.60. The molecule has 0 atom stereocenters. The van der Waals surface area contributed by atoms with Gasteiger partial charge in [-0.05, 0) is 103 Å². The summed E-state index contributed by atoms with van der Waals surface area (Å²) in [5, 5.41) is 5.03. The van der Waals surface area contributed by atoms with E-state index in [1.807, 2.05) is 24.8 Å². The van der Waals surface area contributed by atoms with Crippen LogP contribution in [0.3, 0.4) is 0 Å². The Morgan fingerprint density at radius 1 is 0.410 bits per heavy atom. The summed E-state index contributed by atoms with van der Waals surface area (Å²) >= 11 is 0. The van der Waals surface area contributed by atoms with Crippen molar-refractivity contribution in [2.24, 2.45) is 0 Å². The number of aryl methyl sites for hydroxylation is 1. The average molecular weight is 499 g/mol. The van der Waals surface area contributed by atoms with E-state index in [0.29, 0.717) is 0 Å². The predicted molar refractivity (Wildman–Crippen MR) is 164 cm³/mol. The zero-order chi connectivity index (χ0) is 26.2. The van der Waals surface area contributed by atoms with Gasteiger partial charge in [0.2, 0.25) is 0 Å². The Kier molecular flexibility index (Phi) is 5.71. The fourth-order valence-electron chi connectivity index (χ4n) is 5.76. The van der Waals surface area contributed by atoms with Crippen LogP contribution < -0.4 is 0 Å². The molecule has 0 unspecified atom stereocenters. The lowest BCUT2D eigenvalue weighted by molar-refractivity contribution is 1.27. The summed E-state index contributed by atoms with van der Waals surface area (Å²) in [6, 6.07) is 41.7. The molecule has 2 heteroatoms. The number of hydrogen-bond acceptors (Lipinski definition) is 2. The monoisotopic (exact) mass is 498 g/mol. The van der Waals surface area contributed by atoms with Crippen molar-refractivity contribution in [2.75, 3.05) is 0 Å². The maximum Gasteiger partial charge on any atom is 0.0303 e. The van der Waals surface area contributed by atoms with Crippen LogP contribution in [0.2, 0.25) is 0 Å². The van der Waals surface area contributed by atoms with E-state index in [4.69, 9.17) is 0 Å². The van der Waals surface area contributed by atoms with E-state index >= 15 is 0 Å². The van der Waals surface area contributed by atoms with Crippen molar-refractivity contribution >= 4 is 21.5 Å². The summed E-state index contributed by atoms with van der Waals surface area (Å²) in [5.41, 5.74) is 10.9. The highest BCUT2D eigenvalue weighted by Gasteiger charge is 2.17. The first-order valence-electron chi connectivity index (χ1n) is 13.2. The lowest BCUT2D eigenvalue weighted by Gasteiger charge is -2.18. The Hall–Kier alpha value is -5.08.